The molecule has 12 heteroatoms. The smallest absolute Gasteiger partial charge is 0.305 e. The second-order valence-electron chi connectivity index (χ2n) is 22.0. The van der Waals surface area contributed by atoms with Crippen molar-refractivity contribution in [3.8, 4) is 0 Å². The monoisotopic (exact) mass is 899 g/mol. The van der Waals surface area contributed by atoms with Gasteiger partial charge in [0.1, 0.15) is 23.7 Å². The number of esters is 2. The molecular weight excluding hydrogens is 817 g/mol. The summed E-state index contributed by atoms with van der Waals surface area (Å²) in [5.74, 6) is 3.22. The van der Waals surface area contributed by atoms with Crippen LogP contribution in [0.25, 0.3) is 0 Å². The Bertz CT molecular complexity index is 1710. The fraction of sp³-hybridized carbons (Fsp3) is 0.846. The quantitative estimate of drug-likeness (QED) is 0.0562. The molecule has 12 nitrogen and oxygen atoms in total. The molecule has 0 spiro atoms. The molecule has 8 unspecified atom stereocenters. The van der Waals surface area contributed by atoms with Crippen molar-refractivity contribution in [3.63, 3.8) is 0 Å². The second kappa shape index (κ2) is 20.0. The van der Waals surface area contributed by atoms with E-state index < -0.39 is 18.7 Å². The highest BCUT2D eigenvalue weighted by Crippen LogP contribution is 2.67. The standard InChI is InChI=1S/C26H42O6.C26H40O6/c2*1-6-8-16(3)31-32-23-14-17-13-20(27)24-18-9-10-21(30-22(28)7-2)25(18,4)12-11-19(24)26(17,5)15-29-23/h17-21,23-24,27H,3,6-15H2,1-2,4-5H3;13,18-21,23-24,27H,3,6-12,14-15H2,1-2,4-5H3/t17?,18?,19?,20-,21-,23+,24?,25-,26-;18?,19?,20-,21?,23+,24?,25-,26-/m00/s1. The van der Waals surface area contributed by atoms with Crippen LogP contribution in [0.2, 0.25) is 0 Å². The van der Waals surface area contributed by atoms with Crippen LogP contribution in [0.15, 0.2) is 36.3 Å². The van der Waals surface area contributed by atoms with Crippen molar-refractivity contribution >= 4 is 11.9 Å². The number of aliphatic hydroxyl groups is 2. The van der Waals surface area contributed by atoms with Gasteiger partial charge in [0.15, 0.2) is 0 Å². The lowest BCUT2D eigenvalue weighted by Gasteiger charge is -2.61. The predicted molar refractivity (Wildman–Crippen MR) is 240 cm³/mol. The Hall–Kier alpha value is -2.48. The number of aliphatic hydroxyl groups excluding tert-OH is 2. The summed E-state index contributed by atoms with van der Waals surface area (Å²) in [4.78, 5) is 45.8. The van der Waals surface area contributed by atoms with E-state index >= 15 is 0 Å². The minimum absolute atomic E-state index is 0.0176. The molecule has 8 aliphatic rings. The topological polar surface area (TPSA) is 148 Å². The van der Waals surface area contributed by atoms with Crippen molar-refractivity contribution in [2.24, 2.45) is 63.1 Å². The van der Waals surface area contributed by atoms with Crippen molar-refractivity contribution < 1.29 is 58.3 Å². The van der Waals surface area contributed by atoms with E-state index in [0.717, 1.165) is 89.9 Å². The third kappa shape index (κ3) is 9.37. The van der Waals surface area contributed by atoms with Crippen LogP contribution in [0.5, 0.6) is 0 Å². The van der Waals surface area contributed by atoms with E-state index in [4.69, 9.17) is 38.5 Å². The number of hydrogen-bond donors (Lipinski definition) is 2. The van der Waals surface area contributed by atoms with Crippen LogP contribution < -0.4 is 0 Å². The van der Waals surface area contributed by atoms with Gasteiger partial charge >= 0.3 is 11.9 Å². The van der Waals surface area contributed by atoms with Gasteiger partial charge in [0, 0.05) is 54.8 Å². The highest BCUT2D eigenvalue weighted by atomic mass is 17.2. The molecule has 6 aliphatic carbocycles. The fourth-order valence-corrected chi connectivity index (χ4v) is 14.6. The molecule has 64 heavy (non-hydrogen) atoms. The van der Waals surface area contributed by atoms with E-state index in [1.807, 2.05) is 13.8 Å². The van der Waals surface area contributed by atoms with Gasteiger partial charge in [0.25, 0.3) is 0 Å². The van der Waals surface area contributed by atoms with Crippen LogP contribution >= 0.6 is 0 Å². The van der Waals surface area contributed by atoms with Gasteiger partial charge in [-0.15, -0.1) is 0 Å². The maximum absolute atomic E-state index is 12.0. The molecule has 2 aliphatic heterocycles. The van der Waals surface area contributed by atoms with Crippen molar-refractivity contribution in [1.82, 2.24) is 0 Å². The largest absolute Gasteiger partial charge is 0.462 e. The second-order valence-corrected chi connectivity index (χ2v) is 22.0. The van der Waals surface area contributed by atoms with Gasteiger partial charge in [-0.3, -0.25) is 9.59 Å². The third-order valence-electron chi connectivity index (χ3n) is 18.3. The highest BCUT2D eigenvalue weighted by Gasteiger charge is 2.65. The van der Waals surface area contributed by atoms with Gasteiger partial charge in [0.2, 0.25) is 12.6 Å². The highest BCUT2D eigenvalue weighted by molar-refractivity contribution is 5.69. The molecule has 2 N–H and O–H groups in total. The first-order valence-corrected chi connectivity index (χ1v) is 25.2. The molecule has 5 saturated carbocycles. The normalized spacial score (nSPS) is 44.1. The molecule has 0 aromatic rings. The third-order valence-corrected chi connectivity index (χ3v) is 18.3. The zero-order valence-corrected chi connectivity index (χ0v) is 40.4. The SMILES string of the molecule is C=C(CCC)OO[C@@H]1CC2=C[C@H](O)C3C4CCC(OC(=O)CC)[C@@]4(C)CCC3[C@@]2(C)CO1.C=C(CCC)OO[C@@H]1CC2C[C@H](O)C3C(CC[C@@]4(C)C3CC[C@@H]4OC(=O)CC)[C@@]2(C)CO1. The summed E-state index contributed by atoms with van der Waals surface area (Å²) in [5.41, 5.74) is 1.00. The summed E-state index contributed by atoms with van der Waals surface area (Å²) < 4.78 is 24.0. The number of carbonyl (C=O) groups is 2. The van der Waals surface area contributed by atoms with E-state index in [2.05, 4.69) is 60.8 Å². The maximum Gasteiger partial charge on any atom is 0.305 e. The van der Waals surface area contributed by atoms with Gasteiger partial charge in [0.05, 0.1) is 25.4 Å². The molecular formula is C52H82O12. The van der Waals surface area contributed by atoms with Gasteiger partial charge in [-0.05, 0) is 117 Å². The number of carbonyl (C=O) groups excluding carboxylic acids is 2. The van der Waals surface area contributed by atoms with Crippen molar-refractivity contribution in [2.75, 3.05) is 13.2 Å². The predicted octanol–water partition coefficient (Wildman–Crippen LogP) is 10.2. The molecule has 2 heterocycles. The van der Waals surface area contributed by atoms with Crippen LogP contribution in [0.4, 0.5) is 0 Å². The Morgan fingerprint density at radius 3 is 1.75 bits per heavy atom. The summed E-state index contributed by atoms with van der Waals surface area (Å²) in [6, 6.07) is 0. The zero-order chi connectivity index (χ0) is 46.2. The van der Waals surface area contributed by atoms with Crippen molar-refractivity contribution in [1.29, 1.82) is 0 Å². The summed E-state index contributed by atoms with van der Waals surface area (Å²) in [6.45, 7) is 26.0. The van der Waals surface area contributed by atoms with Crippen LogP contribution in [0.1, 0.15) is 165 Å². The Morgan fingerprint density at radius 1 is 0.672 bits per heavy atom. The molecule has 0 aromatic heterocycles. The number of fused-ring (bicyclic) bond motifs is 10. The minimum Gasteiger partial charge on any atom is -0.462 e. The molecule has 0 radical (unpaired) electrons. The summed E-state index contributed by atoms with van der Waals surface area (Å²) in [5, 5.41) is 22.7. The van der Waals surface area contributed by atoms with Gasteiger partial charge in [-0.25, -0.2) is 0 Å². The number of hydrogen-bond acceptors (Lipinski definition) is 12. The first kappa shape index (κ1) is 49.4. The van der Waals surface area contributed by atoms with E-state index in [-0.39, 0.29) is 63.7 Å². The Morgan fingerprint density at radius 2 is 1.19 bits per heavy atom. The van der Waals surface area contributed by atoms with Crippen molar-refractivity contribution in [3.05, 3.63) is 36.3 Å². The maximum atomic E-state index is 12.0. The Kier molecular flexibility index (Phi) is 15.5. The molecule has 2 saturated heterocycles. The number of allylic oxidation sites excluding steroid dienone is 2. The first-order valence-electron chi connectivity index (χ1n) is 25.2. The molecule has 0 amide bonds. The summed E-state index contributed by atoms with van der Waals surface area (Å²) in [6.07, 6.45) is 14.5. The Balaban J connectivity index is 0.000000191. The van der Waals surface area contributed by atoms with Gasteiger partial charge in [-0.1, -0.05) is 80.2 Å². The average molecular weight is 899 g/mol. The van der Waals surface area contributed by atoms with E-state index in [0.29, 0.717) is 73.6 Å². The van der Waals surface area contributed by atoms with Gasteiger partial charge < -0.3 is 38.9 Å². The summed E-state index contributed by atoms with van der Waals surface area (Å²) in [7, 11) is 0. The number of rotatable bonds is 14. The van der Waals surface area contributed by atoms with E-state index in [9.17, 15) is 19.8 Å². The average Bonchev–Trinajstić information content (AvgIpc) is 3.78. The van der Waals surface area contributed by atoms with E-state index in [1.54, 1.807) is 0 Å². The fourth-order valence-electron chi connectivity index (χ4n) is 14.6. The van der Waals surface area contributed by atoms with Crippen LogP contribution in [-0.4, -0.2) is 72.4 Å². The van der Waals surface area contributed by atoms with Crippen LogP contribution in [-0.2, 0) is 48.1 Å². The molecule has 8 rings (SSSR count). The van der Waals surface area contributed by atoms with Crippen molar-refractivity contribution in [2.45, 2.75) is 202 Å². The molecule has 17 atom stereocenters. The van der Waals surface area contributed by atoms with Gasteiger partial charge in [-0.2, -0.15) is 9.78 Å². The summed E-state index contributed by atoms with van der Waals surface area (Å²) >= 11 is 0. The zero-order valence-electron chi connectivity index (χ0n) is 40.4. The molecule has 0 bridgehead atoms. The molecule has 362 valence electrons. The minimum atomic E-state index is -0.497. The lowest BCUT2D eigenvalue weighted by atomic mass is 9.46. The first-order chi connectivity index (χ1) is 30.4. The van der Waals surface area contributed by atoms with E-state index in [1.165, 1.54) is 5.57 Å². The molecule has 0 aromatic carbocycles. The lowest BCUT2D eigenvalue weighted by molar-refractivity contribution is -0.383. The number of ether oxygens (including phenoxy) is 4. The lowest BCUT2D eigenvalue weighted by Crippen LogP contribution is -2.61. The Labute approximate surface area is 383 Å². The van der Waals surface area contributed by atoms with Crippen LogP contribution in [0, 0.1) is 63.1 Å². The van der Waals surface area contributed by atoms with Crippen LogP contribution in [0.3, 0.4) is 0 Å². The molecule has 7 fully saturated rings.